The van der Waals surface area contributed by atoms with Crippen molar-refractivity contribution >= 4 is 19.0 Å². The van der Waals surface area contributed by atoms with Crippen LogP contribution in [0.1, 0.15) is 34.0 Å². The monoisotopic (exact) mass is 300 g/mol. The summed E-state index contributed by atoms with van der Waals surface area (Å²) in [5.74, 6) is 0. The van der Waals surface area contributed by atoms with Gasteiger partial charge in [-0.1, -0.05) is 48.0 Å². The molecule has 2 aromatic rings. The SMILES string of the molecule is CCOP(C(=O)c1c(C)cc(C)cc1C)c1ccccc1. The molecule has 0 fully saturated rings. The van der Waals surface area contributed by atoms with Crippen LogP contribution in [0.4, 0.5) is 0 Å². The summed E-state index contributed by atoms with van der Waals surface area (Å²) in [4.78, 5) is 13.0. The molecule has 1 atom stereocenters. The summed E-state index contributed by atoms with van der Waals surface area (Å²) in [7, 11) is -1.27. The first-order chi connectivity index (χ1) is 10.0. The summed E-state index contributed by atoms with van der Waals surface area (Å²) < 4.78 is 5.80. The fourth-order valence-electron chi connectivity index (χ4n) is 2.56. The zero-order chi connectivity index (χ0) is 15.4. The van der Waals surface area contributed by atoms with E-state index in [4.69, 9.17) is 4.52 Å². The Hall–Kier alpha value is -1.50. The summed E-state index contributed by atoms with van der Waals surface area (Å²) >= 11 is 0. The lowest BCUT2D eigenvalue weighted by atomic mass is 10.0. The van der Waals surface area contributed by atoms with Gasteiger partial charge >= 0.3 is 0 Å². The van der Waals surface area contributed by atoms with E-state index >= 15 is 0 Å². The van der Waals surface area contributed by atoms with E-state index in [9.17, 15) is 4.79 Å². The second kappa shape index (κ2) is 6.98. The molecule has 0 aliphatic rings. The normalized spacial score (nSPS) is 12.2. The van der Waals surface area contributed by atoms with Crippen molar-refractivity contribution in [2.24, 2.45) is 0 Å². The van der Waals surface area contributed by atoms with Crippen LogP contribution in [0, 0.1) is 20.8 Å². The van der Waals surface area contributed by atoms with Gasteiger partial charge in [0.1, 0.15) is 8.15 Å². The van der Waals surface area contributed by atoms with Gasteiger partial charge in [0, 0.05) is 17.5 Å². The van der Waals surface area contributed by atoms with Crippen molar-refractivity contribution in [2.75, 3.05) is 6.61 Å². The highest BCUT2D eigenvalue weighted by atomic mass is 31.1. The fraction of sp³-hybridized carbons (Fsp3) is 0.278. The maximum absolute atomic E-state index is 13.0. The summed E-state index contributed by atoms with van der Waals surface area (Å²) in [6.07, 6.45) is 0. The van der Waals surface area contributed by atoms with Crippen LogP contribution in [0.15, 0.2) is 42.5 Å². The Bertz CT molecular complexity index is 612. The molecule has 0 amide bonds. The third kappa shape index (κ3) is 3.58. The first-order valence-electron chi connectivity index (χ1n) is 7.15. The molecule has 0 saturated heterocycles. The third-order valence-corrected chi connectivity index (χ3v) is 5.20. The van der Waals surface area contributed by atoms with Crippen molar-refractivity contribution in [1.29, 1.82) is 0 Å². The van der Waals surface area contributed by atoms with Gasteiger partial charge in [0.2, 0.25) is 5.52 Å². The maximum Gasteiger partial charge on any atom is 0.216 e. The number of carbonyl (C=O) groups excluding carboxylic acids is 1. The van der Waals surface area contributed by atoms with Crippen molar-refractivity contribution in [2.45, 2.75) is 27.7 Å². The molecular formula is C18H21O2P. The second-order valence-electron chi connectivity index (χ2n) is 5.13. The van der Waals surface area contributed by atoms with E-state index in [0.717, 1.165) is 22.0 Å². The summed E-state index contributed by atoms with van der Waals surface area (Å²) in [5, 5.41) is 0.971. The van der Waals surface area contributed by atoms with Crippen molar-refractivity contribution < 1.29 is 9.32 Å². The molecule has 0 radical (unpaired) electrons. The fourth-order valence-corrected chi connectivity index (χ4v) is 4.32. The largest absolute Gasteiger partial charge is 0.347 e. The van der Waals surface area contributed by atoms with Crippen LogP contribution in [0.5, 0.6) is 0 Å². The minimum absolute atomic E-state index is 0.105. The van der Waals surface area contributed by atoms with Crippen LogP contribution in [0.25, 0.3) is 0 Å². The predicted molar refractivity (Wildman–Crippen MR) is 89.6 cm³/mol. The Labute approximate surface area is 128 Å². The Balaban J connectivity index is 2.45. The molecule has 2 nitrogen and oxygen atoms in total. The lowest BCUT2D eigenvalue weighted by Crippen LogP contribution is -2.13. The molecular weight excluding hydrogens is 279 g/mol. The molecule has 0 aliphatic carbocycles. The van der Waals surface area contributed by atoms with Crippen LogP contribution in [0.2, 0.25) is 0 Å². The standard InChI is InChI=1S/C18H21O2P/c1-5-20-21(16-9-7-6-8-10-16)18(19)17-14(3)11-13(2)12-15(17)4/h6-12H,5H2,1-4H3. The molecule has 3 heteroatoms. The third-order valence-electron chi connectivity index (χ3n) is 3.32. The Kier molecular flexibility index (Phi) is 5.27. The van der Waals surface area contributed by atoms with Gasteiger partial charge in [0.25, 0.3) is 0 Å². The van der Waals surface area contributed by atoms with Crippen molar-refractivity contribution in [3.63, 3.8) is 0 Å². The topological polar surface area (TPSA) is 26.3 Å². The molecule has 110 valence electrons. The zero-order valence-corrected chi connectivity index (χ0v) is 13.9. The Morgan fingerprint density at radius 1 is 1.05 bits per heavy atom. The minimum Gasteiger partial charge on any atom is -0.347 e. The molecule has 0 aliphatic heterocycles. The first-order valence-corrected chi connectivity index (χ1v) is 8.40. The molecule has 0 N–H and O–H groups in total. The maximum atomic E-state index is 13.0. The van der Waals surface area contributed by atoms with Crippen LogP contribution in [-0.4, -0.2) is 12.1 Å². The molecule has 21 heavy (non-hydrogen) atoms. The van der Waals surface area contributed by atoms with E-state index in [-0.39, 0.29) is 5.52 Å². The lowest BCUT2D eigenvalue weighted by Gasteiger charge is -2.18. The molecule has 0 heterocycles. The van der Waals surface area contributed by atoms with Crippen molar-refractivity contribution in [1.82, 2.24) is 0 Å². The van der Waals surface area contributed by atoms with Crippen LogP contribution in [-0.2, 0) is 4.52 Å². The minimum atomic E-state index is -1.27. The molecule has 2 rings (SSSR count). The highest BCUT2D eigenvalue weighted by molar-refractivity contribution is 7.78. The lowest BCUT2D eigenvalue weighted by molar-refractivity contribution is 0.106. The van der Waals surface area contributed by atoms with Crippen LogP contribution < -0.4 is 5.30 Å². The molecule has 0 aromatic heterocycles. The number of aryl methyl sites for hydroxylation is 3. The highest BCUT2D eigenvalue weighted by Crippen LogP contribution is 2.41. The Morgan fingerprint density at radius 2 is 1.62 bits per heavy atom. The number of carbonyl (C=O) groups is 1. The molecule has 0 bridgehead atoms. The molecule has 2 aromatic carbocycles. The van der Waals surface area contributed by atoms with E-state index in [2.05, 4.69) is 19.1 Å². The van der Waals surface area contributed by atoms with Gasteiger partial charge in [-0.2, -0.15) is 0 Å². The highest BCUT2D eigenvalue weighted by Gasteiger charge is 2.25. The van der Waals surface area contributed by atoms with Crippen molar-refractivity contribution in [3.05, 3.63) is 64.7 Å². The number of benzene rings is 2. The van der Waals surface area contributed by atoms with Gasteiger partial charge in [-0.05, 0) is 38.8 Å². The van der Waals surface area contributed by atoms with Gasteiger partial charge in [0.05, 0.1) is 0 Å². The van der Waals surface area contributed by atoms with Gasteiger partial charge in [-0.25, -0.2) is 0 Å². The predicted octanol–water partition coefficient (Wildman–Crippen LogP) is 4.51. The van der Waals surface area contributed by atoms with E-state index < -0.39 is 8.15 Å². The smallest absolute Gasteiger partial charge is 0.216 e. The van der Waals surface area contributed by atoms with Crippen LogP contribution in [0.3, 0.4) is 0 Å². The quantitative estimate of drug-likeness (QED) is 0.759. The first kappa shape index (κ1) is 15.9. The average Bonchev–Trinajstić information content (AvgIpc) is 2.44. The summed E-state index contributed by atoms with van der Waals surface area (Å²) in [6, 6.07) is 13.9. The second-order valence-corrected chi connectivity index (χ2v) is 6.90. The average molecular weight is 300 g/mol. The number of rotatable bonds is 5. The molecule has 1 unspecified atom stereocenters. The van der Waals surface area contributed by atoms with Gasteiger partial charge in [-0.15, -0.1) is 0 Å². The summed E-state index contributed by atoms with van der Waals surface area (Å²) in [5.41, 5.74) is 4.15. The van der Waals surface area contributed by atoms with E-state index in [1.807, 2.05) is 51.1 Å². The van der Waals surface area contributed by atoms with Crippen molar-refractivity contribution in [3.8, 4) is 0 Å². The zero-order valence-electron chi connectivity index (χ0n) is 13.0. The number of hydrogen-bond donors (Lipinski definition) is 0. The Morgan fingerprint density at radius 3 is 2.14 bits per heavy atom. The molecule has 0 saturated carbocycles. The van der Waals surface area contributed by atoms with Gasteiger partial charge < -0.3 is 4.52 Å². The van der Waals surface area contributed by atoms with Crippen LogP contribution >= 0.6 is 8.15 Å². The van der Waals surface area contributed by atoms with E-state index in [0.29, 0.717) is 6.61 Å². The summed E-state index contributed by atoms with van der Waals surface area (Å²) in [6.45, 7) is 8.52. The van der Waals surface area contributed by atoms with E-state index in [1.54, 1.807) is 0 Å². The van der Waals surface area contributed by atoms with Gasteiger partial charge in [-0.3, -0.25) is 4.79 Å². The molecule has 0 spiro atoms. The number of hydrogen-bond acceptors (Lipinski definition) is 2. The van der Waals surface area contributed by atoms with Gasteiger partial charge in [0.15, 0.2) is 0 Å². The van der Waals surface area contributed by atoms with E-state index in [1.165, 1.54) is 5.56 Å².